The molecule has 0 fully saturated rings. The summed E-state index contributed by atoms with van der Waals surface area (Å²) in [4.78, 5) is 0. The SMILES string of the molecule is C=CC1(Br)C=CC(Br)=CC1. The Morgan fingerprint density at radius 3 is 2.80 bits per heavy atom. The van der Waals surface area contributed by atoms with Crippen LogP contribution in [0.25, 0.3) is 0 Å². The molecular weight excluding hydrogens is 256 g/mol. The van der Waals surface area contributed by atoms with Gasteiger partial charge >= 0.3 is 0 Å². The summed E-state index contributed by atoms with van der Waals surface area (Å²) in [5.41, 5.74) is 0. The molecule has 0 N–H and O–H groups in total. The van der Waals surface area contributed by atoms with Crippen LogP contribution >= 0.6 is 31.9 Å². The van der Waals surface area contributed by atoms with Crippen molar-refractivity contribution in [2.45, 2.75) is 10.7 Å². The van der Waals surface area contributed by atoms with Gasteiger partial charge in [-0.15, -0.1) is 6.58 Å². The van der Waals surface area contributed by atoms with E-state index in [0.29, 0.717) is 0 Å². The van der Waals surface area contributed by atoms with Gasteiger partial charge in [0, 0.05) is 4.48 Å². The van der Waals surface area contributed by atoms with Gasteiger partial charge in [-0.2, -0.15) is 0 Å². The molecule has 10 heavy (non-hydrogen) atoms. The van der Waals surface area contributed by atoms with Crippen LogP contribution in [0.5, 0.6) is 0 Å². The van der Waals surface area contributed by atoms with Gasteiger partial charge in [-0.1, -0.05) is 56.2 Å². The number of alkyl halides is 1. The van der Waals surface area contributed by atoms with Crippen molar-refractivity contribution in [3.05, 3.63) is 35.4 Å². The summed E-state index contributed by atoms with van der Waals surface area (Å²) < 4.78 is 1.13. The van der Waals surface area contributed by atoms with Crippen LogP contribution in [0.2, 0.25) is 0 Å². The monoisotopic (exact) mass is 262 g/mol. The minimum Gasteiger partial charge on any atom is -0.101 e. The zero-order chi connectivity index (χ0) is 7.61. The highest BCUT2D eigenvalue weighted by Gasteiger charge is 2.19. The maximum atomic E-state index is 3.74. The average Bonchev–Trinajstić information content (AvgIpc) is 1.96. The van der Waals surface area contributed by atoms with Gasteiger partial charge in [0.2, 0.25) is 0 Å². The Balaban J connectivity index is 2.76. The fourth-order valence-corrected chi connectivity index (χ4v) is 1.35. The highest BCUT2D eigenvalue weighted by atomic mass is 79.9. The second kappa shape index (κ2) is 3.05. The van der Waals surface area contributed by atoms with E-state index in [9.17, 15) is 0 Å². The normalized spacial score (nSPS) is 31.6. The third kappa shape index (κ3) is 1.83. The zero-order valence-electron chi connectivity index (χ0n) is 5.48. The summed E-state index contributed by atoms with van der Waals surface area (Å²) in [5.74, 6) is 0. The van der Waals surface area contributed by atoms with Crippen molar-refractivity contribution < 1.29 is 0 Å². The fraction of sp³-hybridized carbons (Fsp3) is 0.250. The van der Waals surface area contributed by atoms with Crippen molar-refractivity contribution in [2.24, 2.45) is 0 Å². The van der Waals surface area contributed by atoms with Crippen LogP contribution in [-0.2, 0) is 0 Å². The quantitative estimate of drug-likeness (QED) is 0.502. The third-order valence-electron chi connectivity index (χ3n) is 1.47. The van der Waals surface area contributed by atoms with E-state index in [1.54, 1.807) is 0 Å². The molecule has 0 radical (unpaired) electrons. The van der Waals surface area contributed by atoms with Crippen LogP contribution in [-0.4, -0.2) is 4.32 Å². The van der Waals surface area contributed by atoms with Gasteiger partial charge in [0.05, 0.1) is 4.32 Å². The molecule has 1 atom stereocenters. The molecule has 0 aromatic carbocycles. The topological polar surface area (TPSA) is 0 Å². The maximum Gasteiger partial charge on any atom is 0.0652 e. The van der Waals surface area contributed by atoms with Crippen LogP contribution in [0.3, 0.4) is 0 Å². The van der Waals surface area contributed by atoms with Crippen LogP contribution in [0.1, 0.15) is 6.42 Å². The molecule has 0 aliphatic heterocycles. The Morgan fingerprint density at radius 1 is 1.70 bits per heavy atom. The highest BCUT2D eigenvalue weighted by Crippen LogP contribution is 2.31. The van der Waals surface area contributed by atoms with E-state index in [1.165, 1.54) is 0 Å². The first-order chi connectivity index (χ1) is 4.66. The number of rotatable bonds is 1. The first kappa shape index (κ1) is 8.28. The molecule has 2 heteroatoms. The lowest BCUT2D eigenvalue weighted by molar-refractivity contribution is 0.901. The highest BCUT2D eigenvalue weighted by molar-refractivity contribution is 9.12. The maximum absolute atomic E-state index is 3.74. The van der Waals surface area contributed by atoms with Gasteiger partial charge in [0.25, 0.3) is 0 Å². The van der Waals surface area contributed by atoms with E-state index in [2.05, 4.69) is 50.6 Å². The summed E-state index contributed by atoms with van der Waals surface area (Å²) >= 11 is 6.94. The second-order valence-corrected chi connectivity index (χ2v) is 4.65. The Morgan fingerprint density at radius 2 is 2.40 bits per heavy atom. The molecule has 0 saturated carbocycles. The van der Waals surface area contributed by atoms with Crippen molar-refractivity contribution in [1.82, 2.24) is 0 Å². The molecule has 1 aliphatic rings. The van der Waals surface area contributed by atoms with E-state index in [4.69, 9.17) is 0 Å². The molecule has 0 spiro atoms. The minimum atomic E-state index is -0.00965. The van der Waals surface area contributed by atoms with E-state index in [-0.39, 0.29) is 4.32 Å². The van der Waals surface area contributed by atoms with Gasteiger partial charge in [-0.3, -0.25) is 0 Å². The molecule has 0 heterocycles. The molecule has 54 valence electrons. The average molecular weight is 264 g/mol. The lowest BCUT2D eigenvalue weighted by Gasteiger charge is -2.19. The largest absolute Gasteiger partial charge is 0.101 e. The molecule has 0 amide bonds. The first-order valence-corrected chi connectivity index (χ1v) is 4.62. The predicted octanol–water partition coefficient (Wildman–Crippen LogP) is 3.54. The molecule has 0 aromatic rings. The van der Waals surface area contributed by atoms with Crippen molar-refractivity contribution in [2.75, 3.05) is 0 Å². The number of allylic oxidation sites excluding steroid dienone is 5. The van der Waals surface area contributed by atoms with E-state index in [0.717, 1.165) is 10.9 Å². The summed E-state index contributed by atoms with van der Waals surface area (Å²) in [5, 5.41) is 0. The van der Waals surface area contributed by atoms with Crippen molar-refractivity contribution >= 4 is 31.9 Å². The van der Waals surface area contributed by atoms with Crippen molar-refractivity contribution in [3.63, 3.8) is 0 Å². The number of hydrogen-bond acceptors (Lipinski definition) is 0. The van der Waals surface area contributed by atoms with Gasteiger partial charge < -0.3 is 0 Å². The van der Waals surface area contributed by atoms with Crippen molar-refractivity contribution in [1.29, 1.82) is 0 Å². The van der Waals surface area contributed by atoms with Crippen LogP contribution in [0.15, 0.2) is 35.4 Å². The van der Waals surface area contributed by atoms with Gasteiger partial charge in [0.1, 0.15) is 0 Å². The summed E-state index contributed by atoms with van der Waals surface area (Å²) in [6.45, 7) is 3.74. The standard InChI is InChI=1S/C8H8Br2/c1-2-8(10)5-3-7(9)4-6-8/h2-5H,1,6H2. The van der Waals surface area contributed by atoms with Crippen molar-refractivity contribution in [3.8, 4) is 0 Å². The van der Waals surface area contributed by atoms with Gasteiger partial charge in [0.15, 0.2) is 0 Å². The smallest absolute Gasteiger partial charge is 0.0652 e. The number of hydrogen-bond donors (Lipinski definition) is 0. The molecule has 0 saturated heterocycles. The predicted molar refractivity (Wildman–Crippen MR) is 52.6 cm³/mol. The zero-order valence-corrected chi connectivity index (χ0v) is 8.65. The van der Waals surface area contributed by atoms with E-state index in [1.807, 2.05) is 12.2 Å². The number of halogens is 2. The molecule has 1 rings (SSSR count). The second-order valence-electron chi connectivity index (χ2n) is 2.26. The first-order valence-electron chi connectivity index (χ1n) is 3.04. The third-order valence-corrected chi connectivity index (χ3v) is 2.97. The van der Waals surface area contributed by atoms with Gasteiger partial charge in [-0.25, -0.2) is 0 Å². The summed E-state index contributed by atoms with van der Waals surface area (Å²) in [6.07, 6.45) is 9.10. The Labute approximate surface area is 78.0 Å². The molecule has 0 bridgehead atoms. The van der Waals surface area contributed by atoms with Crippen LogP contribution in [0.4, 0.5) is 0 Å². The van der Waals surface area contributed by atoms with E-state index >= 15 is 0 Å². The fourth-order valence-electron chi connectivity index (χ4n) is 0.760. The summed E-state index contributed by atoms with van der Waals surface area (Å²) in [7, 11) is 0. The van der Waals surface area contributed by atoms with Gasteiger partial charge in [-0.05, 0) is 6.42 Å². The molecule has 0 nitrogen and oxygen atoms in total. The molecular formula is C8H8Br2. The lowest BCUT2D eigenvalue weighted by Crippen LogP contribution is -2.13. The summed E-state index contributed by atoms with van der Waals surface area (Å²) in [6, 6.07) is 0. The van der Waals surface area contributed by atoms with E-state index < -0.39 is 0 Å². The Bertz CT molecular complexity index is 203. The van der Waals surface area contributed by atoms with Crippen LogP contribution in [0, 0.1) is 0 Å². The lowest BCUT2D eigenvalue weighted by atomic mass is 10.0. The Hall–Kier alpha value is 0.180. The minimum absolute atomic E-state index is 0.00965. The molecule has 1 unspecified atom stereocenters. The van der Waals surface area contributed by atoms with Crippen LogP contribution < -0.4 is 0 Å². The molecule has 1 aliphatic carbocycles. The Kier molecular flexibility index (Phi) is 2.53. The molecule has 0 aromatic heterocycles.